The lowest BCUT2D eigenvalue weighted by molar-refractivity contribution is -0.391. The zero-order chi connectivity index (χ0) is 13.3. The Balaban J connectivity index is 2.15. The molecule has 18 heavy (non-hydrogen) atoms. The first-order valence-electron chi connectivity index (χ1n) is 4.87. The molecule has 10 heteroatoms. The number of carbonyl (C=O) groups excluding carboxylic acids is 1. The fraction of sp³-hybridized carbons (Fsp3) is 0.250. The molecule has 1 amide bonds. The molecule has 0 saturated heterocycles. The number of hydrogen-bond acceptors (Lipinski definition) is 7. The van der Waals surface area contributed by atoms with Crippen LogP contribution in [0.3, 0.4) is 0 Å². The van der Waals surface area contributed by atoms with Crippen LogP contribution in [0, 0.1) is 10.1 Å². The van der Waals surface area contributed by atoms with E-state index < -0.39 is 4.92 Å². The Morgan fingerprint density at radius 1 is 1.67 bits per heavy atom. The summed E-state index contributed by atoms with van der Waals surface area (Å²) in [4.78, 5) is 25.7. The molecule has 2 heterocycles. The van der Waals surface area contributed by atoms with E-state index >= 15 is 0 Å². The Morgan fingerprint density at radius 2 is 2.39 bits per heavy atom. The average molecular weight is 270 g/mol. The van der Waals surface area contributed by atoms with Crippen molar-refractivity contribution in [2.24, 2.45) is 7.05 Å². The van der Waals surface area contributed by atoms with Gasteiger partial charge in [0, 0.05) is 25.1 Å². The van der Waals surface area contributed by atoms with Crippen LogP contribution in [-0.4, -0.2) is 24.9 Å². The largest absolute Gasteiger partial charge is 0.358 e. The van der Waals surface area contributed by atoms with E-state index in [0.717, 1.165) is 0 Å². The molecule has 96 valence electrons. The van der Waals surface area contributed by atoms with Gasteiger partial charge < -0.3 is 10.1 Å². The van der Waals surface area contributed by atoms with E-state index in [1.54, 1.807) is 13.2 Å². The molecule has 9 nitrogen and oxygen atoms in total. The highest BCUT2D eigenvalue weighted by atomic mass is 32.2. The fourth-order valence-corrected chi connectivity index (χ4v) is 2.22. The highest BCUT2D eigenvalue weighted by Gasteiger charge is 2.26. The summed E-state index contributed by atoms with van der Waals surface area (Å²) in [7, 11) is 1.56. The lowest BCUT2D eigenvalue weighted by atomic mass is 10.5. The van der Waals surface area contributed by atoms with Crippen LogP contribution in [0.2, 0.25) is 0 Å². The van der Waals surface area contributed by atoms with E-state index in [-0.39, 0.29) is 11.7 Å². The molecule has 0 aliphatic carbocycles. The molecule has 0 unspecified atom stereocenters. The third-order valence-corrected chi connectivity index (χ3v) is 3.01. The summed E-state index contributed by atoms with van der Waals surface area (Å²) >= 11 is 1.18. The molecule has 0 saturated carbocycles. The van der Waals surface area contributed by atoms with Crippen molar-refractivity contribution in [2.75, 3.05) is 0 Å². The molecule has 1 aliphatic heterocycles. The van der Waals surface area contributed by atoms with Gasteiger partial charge in [0.05, 0.1) is 7.05 Å². The van der Waals surface area contributed by atoms with Crippen molar-refractivity contribution >= 4 is 28.6 Å². The summed E-state index contributed by atoms with van der Waals surface area (Å²) in [5.41, 5.74) is 5.30. The molecule has 0 atom stereocenters. The minimum absolute atomic E-state index is 0.0931. The number of aromatic nitrogens is 2. The van der Waals surface area contributed by atoms with Crippen LogP contribution in [0.1, 0.15) is 12.7 Å². The highest BCUT2D eigenvalue weighted by molar-refractivity contribution is 8.06. The van der Waals surface area contributed by atoms with Crippen LogP contribution < -0.4 is 10.9 Å². The van der Waals surface area contributed by atoms with Gasteiger partial charge in [0.1, 0.15) is 11.1 Å². The maximum absolute atomic E-state index is 10.9. The Labute approximate surface area is 106 Å². The molecule has 0 fully saturated rings. The van der Waals surface area contributed by atoms with Crippen molar-refractivity contribution in [3.05, 3.63) is 28.3 Å². The van der Waals surface area contributed by atoms with E-state index in [1.165, 1.54) is 34.2 Å². The topological polar surface area (TPSA) is 105 Å². The zero-order valence-corrected chi connectivity index (χ0v) is 10.4. The van der Waals surface area contributed by atoms with Crippen LogP contribution in [-0.2, 0) is 11.8 Å². The molecule has 2 N–H and O–H groups in total. The number of nitrogens with zero attached hydrogens (tertiary/aromatic N) is 4. The summed E-state index contributed by atoms with van der Waals surface area (Å²) in [6.07, 6.45) is 2.80. The molecule has 1 aliphatic rings. The normalized spacial score (nSPS) is 15.1. The summed E-state index contributed by atoms with van der Waals surface area (Å²) in [6.45, 7) is 1.38. The van der Waals surface area contributed by atoms with E-state index in [4.69, 9.17) is 0 Å². The summed E-state index contributed by atoms with van der Waals surface area (Å²) in [5, 5.41) is 10.7. The molecule has 0 bridgehead atoms. The fourth-order valence-electron chi connectivity index (χ4n) is 1.37. The molecule has 0 spiro atoms. The van der Waals surface area contributed by atoms with Gasteiger partial charge in [-0.2, -0.15) is 0 Å². The number of nitro groups is 1. The van der Waals surface area contributed by atoms with Crippen molar-refractivity contribution in [1.29, 1.82) is 0 Å². The smallest absolute Gasteiger partial charge is 0.342 e. The summed E-state index contributed by atoms with van der Waals surface area (Å²) in [5.74, 6) is 0.131. The second-order valence-electron chi connectivity index (χ2n) is 3.45. The third kappa shape index (κ3) is 2.28. The predicted molar refractivity (Wildman–Crippen MR) is 64.2 cm³/mol. The van der Waals surface area contributed by atoms with Gasteiger partial charge in [-0.25, -0.2) is 9.55 Å². The van der Waals surface area contributed by atoms with E-state index in [0.29, 0.717) is 10.7 Å². The van der Waals surface area contributed by atoms with Gasteiger partial charge in [-0.15, -0.1) is 0 Å². The van der Waals surface area contributed by atoms with Crippen LogP contribution >= 0.6 is 11.9 Å². The van der Waals surface area contributed by atoms with Crippen molar-refractivity contribution < 1.29 is 9.72 Å². The second-order valence-corrected chi connectivity index (χ2v) is 4.44. The molecule has 0 aromatic carbocycles. The molecule has 1 aromatic heterocycles. The van der Waals surface area contributed by atoms with E-state index in [2.05, 4.69) is 15.8 Å². The molecular weight excluding hydrogens is 260 g/mol. The van der Waals surface area contributed by atoms with Crippen LogP contribution in [0.25, 0.3) is 4.91 Å². The number of rotatable bonds is 3. The molecule has 2 rings (SSSR count). The quantitative estimate of drug-likeness (QED) is 0.457. The lowest BCUT2D eigenvalue weighted by Gasteiger charge is -2.13. The Hall–Kier alpha value is -2.07. The minimum Gasteiger partial charge on any atom is -0.358 e. The summed E-state index contributed by atoms with van der Waals surface area (Å²) in [6, 6.07) is 0. The number of imidazole rings is 1. The van der Waals surface area contributed by atoms with Crippen LogP contribution in [0.5, 0.6) is 0 Å². The third-order valence-electron chi connectivity index (χ3n) is 2.13. The molecule has 1 aromatic rings. The van der Waals surface area contributed by atoms with Crippen molar-refractivity contribution in [1.82, 2.24) is 24.9 Å². The van der Waals surface area contributed by atoms with Gasteiger partial charge in [0.25, 0.3) is 0 Å². The molecule has 0 radical (unpaired) electrons. The van der Waals surface area contributed by atoms with Gasteiger partial charge in [-0.3, -0.25) is 15.6 Å². The Morgan fingerprint density at radius 3 is 2.94 bits per heavy atom. The summed E-state index contributed by atoms with van der Waals surface area (Å²) < 4.78 is 2.76. The average Bonchev–Trinajstić information content (AvgIpc) is 2.83. The first-order valence-corrected chi connectivity index (χ1v) is 5.64. The van der Waals surface area contributed by atoms with Gasteiger partial charge >= 0.3 is 5.82 Å². The van der Waals surface area contributed by atoms with Gasteiger partial charge in [0.2, 0.25) is 11.7 Å². The minimum atomic E-state index is -0.504. The Bertz CT molecular complexity index is 539. The second kappa shape index (κ2) is 4.66. The van der Waals surface area contributed by atoms with Crippen LogP contribution in [0.4, 0.5) is 5.82 Å². The number of nitrogens with one attached hydrogen (secondary N) is 2. The van der Waals surface area contributed by atoms with Crippen molar-refractivity contribution in [3.63, 3.8) is 0 Å². The van der Waals surface area contributed by atoms with Gasteiger partial charge in [-0.05, 0) is 4.92 Å². The predicted octanol–water partition coefficient (Wildman–Crippen LogP) is 0.146. The number of hydrazine groups is 2. The molecular formula is C8H10N6O3S. The van der Waals surface area contributed by atoms with Crippen molar-refractivity contribution in [3.8, 4) is 0 Å². The standard InChI is InChI=1S/C8H10N6O3S/c1-5(15)11-14-10-3-6(18-14)8-9-4-7(12(8)2)13(16)17/h3-4,10H,1-2H3,(H,11,15). The van der Waals surface area contributed by atoms with E-state index in [1.807, 2.05) is 0 Å². The number of carbonyl (C=O) groups is 1. The van der Waals surface area contributed by atoms with Crippen LogP contribution in [0.15, 0.2) is 12.4 Å². The lowest BCUT2D eigenvalue weighted by Crippen LogP contribution is -2.40. The van der Waals surface area contributed by atoms with E-state index in [9.17, 15) is 14.9 Å². The first-order chi connectivity index (χ1) is 8.49. The highest BCUT2D eigenvalue weighted by Crippen LogP contribution is 2.32. The number of amides is 1. The zero-order valence-electron chi connectivity index (χ0n) is 9.58. The number of hydrogen-bond donors (Lipinski definition) is 2. The monoisotopic (exact) mass is 270 g/mol. The SMILES string of the molecule is CC(=O)NN1NC=C(c2ncc([N+](=O)[O-])n2C)S1. The van der Waals surface area contributed by atoms with Gasteiger partial charge in [0.15, 0.2) is 0 Å². The maximum Gasteiger partial charge on any atom is 0.342 e. The first kappa shape index (κ1) is 12.4. The maximum atomic E-state index is 10.9. The van der Waals surface area contributed by atoms with Gasteiger partial charge in [-0.1, -0.05) is 4.52 Å². The van der Waals surface area contributed by atoms with Crippen molar-refractivity contribution in [2.45, 2.75) is 6.92 Å². The Kier molecular flexibility index (Phi) is 3.21.